The van der Waals surface area contributed by atoms with Gasteiger partial charge in [-0.25, -0.2) is 4.57 Å². The zero-order valence-corrected chi connectivity index (χ0v) is 21.2. The number of aliphatic hydroxyl groups excluding tert-OH is 3. The van der Waals surface area contributed by atoms with Crippen molar-refractivity contribution in [3.8, 4) is 0 Å². The quantitative estimate of drug-likeness (QED) is 0.0742. The van der Waals surface area contributed by atoms with Gasteiger partial charge >= 0.3 is 13.8 Å². The van der Waals surface area contributed by atoms with E-state index in [0.29, 0.717) is 6.42 Å². The molecule has 0 aromatic rings. The first-order chi connectivity index (χ1) is 16.3. The highest BCUT2D eigenvalue weighted by Crippen LogP contribution is 2.43. The van der Waals surface area contributed by atoms with Crippen LogP contribution >= 0.6 is 7.82 Å². The van der Waals surface area contributed by atoms with Gasteiger partial charge in [0.25, 0.3) is 0 Å². The number of hydrogen-bond donors (Lipinski definition) is 4. The van der Waals surface area contributed by atoms with E-state index in [4.69, 9.17) is 14.9 Å². The Morgan fingerprint density at radius 3 is 2.03 bits per heavy atom. The van der Waals surface area contributed by atoms with E-state index >= 15 is 0 Å². The molecule has 0 aliphatic heterocycles. The molecule has 9 nitrogen and oxygen atoms in total. The standard InChI is InChI=1S/C24H43O9P/c1-2-3-4-5-6-7-8-9-10-11-12-13-14-15-16-17-24(28)31-19-23(27)21-33-34(29,30)32-20-22(26)18-25/h3-4,6-7,9-10,22-23,25-27H,2,5,8,11-21H2,1H3,(H,29,30)/b4-3-,7-6-,10-9-/t22-,23+/m0/s1. The summed E-state index contributed by atoms with van der Waals surface area (Å²) in [7, 11) is -4.49. The molecule has 0 aromatic heterocycles. The number of esters is 1. The van der Waals surface area contributed by atoms with Crippen molar-refractivity contribution in [1.82, 2.24) is 0 Å². The van der Waals surface area contributed by atoms with Crippen LogP contribution < -0.4 is 0 Å². The van der Waals surface area contributed by atoms with Crippen LogP contribution in [0.1, 0.15) is 71.1 Å². The molecule has 0 heterocycles. The largest absolute Gasteiger partial charge is 0.472 e. The smallest absolute Gasteiger partial charge is 0.463 e. The van der Waals surface area contributed by atoms with E-state index < -0.39 is 45.8 Å². The number of aliphatic hydroxyl groups is 3. The van der Waals surface area contributed by atoms with Crippen LogP contribution in [0.25, 0.3) is 0 Å². The van der Waals surface area contributed by atoms with Gasteiger partial charge < -0.3 is 24.9 Å². The average molecular weight is 507 g/mol. The Labute approximate surface area is 203 Å². The van der Waals surface area contributed by atoms with Crippen LogP contribution in [0.2, 0.25) is 0 Å². The minimum absolute atomic E-state index is 0.244. The summed E-state index contributed by atoms with van der Waals surface area (Å²) >= 11 is 0. The number of rotatable bonds is 22. The van der Waals surface area contributed by atoms with Crippen LogP contribution in [0, 0.1) is 0 Å². The van der Waals surface area contributed by atoms with Crippen molar-refractivity contribution in [3.63, 3.8) is 0 Å². The van der Waals surface area contributed by atoms with Gasteiger partial charge in [0.1, 0.15) is 18.8 Å². The zero-order valence-electron chi connectivity index (χ0n) is 20.3. The lowest BCUT2D eigenvalue weighted by molar-refractivity contribution is -0.147. The lowest BCUT2D eigenvalue weighted by Crippen LogP contribution is -2.24. The first kappa shape index (κ1) is 32.7. The second-order valence-electron chi connectivity index (χ2n) is 7.83. The average Bonchev–Trinajstić information content (AvgIpc) is 2.82. The second-order valence-corrected chi connectivity index (χ2v) is 9.29. The van der Waals surface area contributed by atoms with E-state index in [-0.39, 0.29) is 13.0 Å². The van der Waals surface area contributed by atoms with Crippen molar-refractivity contribution < 1.29 is 43.4 Å². The molecule has 0 spiro atoms. The summed E-state index contributed by atoms with van der Waals surface area (Å²) in [5.74, 6) is -0.449. The van der Waals surface area contributed by atoms with Crippen molar-refractivity contribution in [2.24, 2.45) is 0 Å². The zero-order chi connectivity index (χ0) is 25.5. The predicted octanol–water partition coefficient (Wildman–Crippen LogP) is 3.97. The number of unbranched alkanes of at least 4 members (excludes halogenated alkanes) is 5. The van der Waals surface area contributed by atoms with Crippen LogP contribution in [-0.2, 0) is 23.1 Å². The maximum atomic E-state index is 11.7. The van der Waals surface area contributed by atoms with Crippen LogP contribution in [0.15, 0.2) is 36.5 Å². The summed E-state index contributed by atoms with van der Waals surface area (Å²) in [6.07, 6.45) is 19.7. The molecule has 0 aliphatic rings. The van der Waals surface area contributed by atoms with Crippen LogP contribution in [0.4, 0.5) is 0 Å². The fourth-order valence-corrected chi connectivity index (χ4v) is 3.44. The van der Waals surface area contributed by atoms with Gasteiger partial charge in [-0.15, -0.1) is 0 Å². The van der Waals surface area contributed by atoms with Crippen molar-refractivity contribution in [2.75, 3.05) is 26.4 Å². The molecule has 0 rings (SSSR count). The number of phosphoric ester groups is 1. The van der Waals surface area contributed by atoms with Gasteiger partial charge in [-0.1, -0.05) is 62.6 Å². The molecule has 0 radical (unpaired) electrons. The Kier molecular flexibility index (Phi) is 21.3. The van der Waals surface area contributed by atoms with Crippen molar-refractivity contribution >= 4 is 13.8 Å². The van der Waals surface area contributed by atoms with Crippen molar-refractivity contribution in [2.45, 2.75) is 83.3 Å². The molecule has 198 valence electrons. The Bertz CT molecular complexity index is 634. The SMILES string of the molecule is CC/C=C\C/C=C\C/C=C\CCCCCCCC(=O)OC[C@@H](O)COP(=O)(O)OC[C@@H](O)CO. The maximum Gasteiger partial charge on any atom is 0.472 e. The van der Waals surface area contributed by atoms with E-state index in [0.717, 1.165) is 51.4 Å². The maximum absolute atomic E-state index is 11.7. The highest BCUT2D eigenvalue weighted by Gasteiger charge is 2.24. The minimum atomic E-state index is -4.49. The van der Waals surface area contributed by atoms with Crippen LogP contribution in [0.5, 0.6) is 0 Å². The Balaban J connectivity index is 3.64. The molecule has 4 N–H and O–H groups in total. The first-order valence-corrected chi connectivity index (χ1v) is 13.5. The third kappa shape index (κ3) is 22.5. The van der Waals surface area contributed by atoms with Crippen LogP contribution in [0.3, 0.4) is 0 Å². The number of allylic oxidation sites excluding steroid dienone is 6. The normalized spacial score (nSPS) is 15.8. The Morgan fingerprint density at radius 1 is 0.824 bits per heavy atom. The molecule has 1 unspecified atom stereocenters. The molecule has 0 fully saturated rings. The summed E-state index contributed by atoms with van der Waals surface area (Å²) < 4.78 is 25.5. The Morgan fingerprint density at radius 2 is 1.38 bits per heavy atom. The lowest BCUT2D eigenvalue weighted by atomic mass is 10.1. The fraction of sp³-hybridized carbons (Fsp3) is 0.708. The molecule has 0 saturated carbocycles. The summed E-state index contributed by atoms with van der Waals surface area (Å²) in [5.41, 5.74) is 0. The molecule has 0 saturated heterocycles. The van der Waals surface area contributed by atoms with Crippen molar-refractivity contribution in [1.29, 1.82) is 0 Å². The monoisotopic (exact) mass is 506 g/mol. The number of carbonyl (C=O) groups is 1. The molecule has 0 bridgehead atoms. The number of ether oxygens (including phenoxy) is 1. The summed E-state index contributed by atoms with van der Waals surface area (Å²) in [5, 5.41) is 27.4. The van der Waals surface area contributed by atoms with Gasteiger partial charge in [0.15, 0.2) is 0 Å². The topological polar surface area (TPSA) is 143 Å². The van der Waals surface area contributed by atoms with E-state index in [2.05, 4.69) is 52.4 Å². The van der Waals surface area contributed by atoms with Crippen LogP contribution in [-0.4, -0.2) is 64.8 Å². The minimum Gasteiger partial charge on any atom is -0.463 e. The summed E-state index contributed by atoms with van der Waals surface area (Å²) in [4.78, 5) is 21.1. The highest BCUT2D eigenvalue weighted by atomic mass is 31.2. The third-order valence-electron chi connectivity index (χ3n) is 4.54. The molecule has 10 heteroatoms. The molecule has 0 amide bonds. The molecule has 34 heavy (non-hydrogen) atoms. The molecule has 0 aromatic carbocycles. The molecular formula is C24H43O9P. The van der Waals surface area contributed by atoms with Gasteiger partial charge in [0, 0.05) is 6.42 Å². The fourth-order valence-electron chi connectivity index (χ4n) is 2.65. The van der Waals surface area contributed by atoms with E-state index in [1.807, 2.05) is 0 Å². The van der Waals surface area contributed by atoms with Crippen molar-refractivity contribution in [3.05, 3.63) is 36.5 Å². The Hall–Kier alpha value is -1.32. The molecular weight excluding hydrogens is 463 g/mol. The summed E-state index contributed by atoms with van der Waals surface area (Å²) in [6, 6.07) is 0. The molecule has 0 aliphatic carbocycles. The number of phosphoric acid groups is 1. The predicted molar refractivity (Wildman–Crippen MR) is 131 cm³/mol. The second kappa shape index (κ2) is 22.2. The molecule has 3 atom stereocenters. The number of carbonyl (C=O) groups excluding carboxylic acids is 1. The van der Waals surface area contributed by atoms with E-state index in [9.17, 15) is 19.4 Å². The van der Waals surface area contributed by atoms with E-state index in [1.54, 1.807) is 0 Å². The van der Waals surface area contributed by atoms with Gasteiger partial charge in [-0.05, 0) is 38.5 Å². The van der Waals surface area contributed by atoms with Gasteiger partial charge in [-0.3, -0.25) is 13.8 Å². The number of hydrogen-bond acceptors (Lipinski definition) is 8. The van der Waals surface area contributed by atoms with E-state index in [1.165, 1.54) is 0 Å². The van der Waals surface area contributed by atoms with Gasteiger partial charge in [-0.2, -0.15) is 0 Å². The van der Waals surface area contributed by atoms with Gasteiger partial charge in [0.05, 0.1) is 19.8 Å². The lowest BCUT2D eigenvalue weighted by Gasteiger charge is -2.16. The highest BCUT2D eigenvalue weighted by molar-refractivity contribution is 7.47. The summed E-state index contributed by atoms with van der Waals surface area (Å²) in [6.45, 7) is -0.0561. The van der Waals surface area contributed by atoms with Gasteiger partial charge in [0.2, 0.25) is 0 Å². The third-order valence-corrected chi connectivity index (χ3v) is 5.49. The first-order valence-electron chi connectivity index (χ1n) is 12.0.